The molecule has 2 heteroatoms. The molecule has 1 aliphatic heterocycles. The van der Waals surface area contributed by atoms with Gasteiger partial charge in [-0.05, 0) is 49.3 Å². The Kier molecular flexibility index (Phi) is 5.62. The Hall–Kier alpha value is -0.860. The third kappa shape index (κ3) is 3.62. The maximum atomic E-state index is 6.08. The highest BCUT2D eigenvalue weighted by atomic mass is 15.2. The summed E-state index contributed by atoms with van der Waals surface area (Å²) < 4.78 is 0. The molecule has 2 rings (SSSR count). The van der Waals surface area contributed by atoms with Crippen molar-refractivity contribution in [3.63, 3.8) is 0 Å². The lowest BCUT2D eigenvalue weighted by Gasteiger charge is -2.32. The molecule has 20 heavy (non-hydrogen) atoms. The van der Waals surface area contributed by atoms with Gasteiger partial charge in [-0.15, -0.1) is 0 Å². The summed E-state index contributed by atoms with van der Waals surface area (Å²) >= 11 is 0. The van der Waals surface area contributed by atoms with Crippen LogP contribution < -0.4 is 5.73 Å². The van der Waals surface area contributed by atoms with E-state index < -0.39 is 0 Å². The Morgan fingerprint density at radius 3 is 2.50 bits per heavy atom. The third-order valence-corrected chi connectivity index (χ3v) is 4.53. The van der Waals surface area contributed by atoms with E-state index in [0.717, 1.165) is 19.0 Å². The largest absolute Gasteiger partial charge is 0.329 e. The molecule has 0 aromatic heterocycles. The zero-order valence-corrected chi connectivity index (χ0v) is 13.3. The van der Waals surface area contributed by atoms with Gasteiger partial charge in [-0.3, -0.25) is 4.90 Å². The minimum atomic E-state index is 0.399. The lowest BCUT2D eigenvalue weighted by Crippen LogP contribution is -2.37. The summed E-state index contributed by atoms with van der Waals surface area (Å²) in [7, 11) is 0. The van der Waals surface area contributed by atoms with Gasteiger partial charge in [0.25, 0.3) is 0 Å². The molecule has 0 bridgehead atoms. The average Bonchev–Trinajstić information content (AvgIpc) is 2.89. The smallest absolute Gasteiger partial charge is 0.0473 e. The van der Waals surface area contributed by atoms with Gasteiger partial charge >= 0.3 is 0 Å². The lowest BCUT2D eigenvalue weighted by atomic mass is 9.98. The van der Waals surface area contributed by atoms with E-state index in [2.05, 4.69) is 49.9 Å². The topological polar surface area (TPSA) is 29.3 Å². The molecule has 1 saturated heterocycles. The predicted molar refractivity (Wildman–Crippen MR) is 86.8 cm³/mol. The van der Waals surface area contributed by atoms with Gasteiger partial charge in [-0.2, -0.15) is 0 Å². The molecule has 2 atom stereocenters. The van der Waals surface area contributed by atoms with E-state index in [-0.39, 0.29) is 0 Å². The van der Waals surface area contributed by atoms with E-state index in [1.165, 1.54) is 36.9 Å². The summed E-state index contributed by atoms with van der Waals surface area (Å²) in [6.45, 7) is 8.76. The molecule has 112 valence electrons. The van der Waals surface area contributed by atoms with Crippen LogP contribution in [0.1, 0.15) is 57.2 Å². The number of rotatable bonds is 6. The van der Waals surface area contributed by atoms with Crippen molar-refractivity contribution in [1.29, 1.82) is 0 Å². The van der Waals surface area contributed by atoms with Crippen LogP contribution in [0, 0.1) is 5.92 Å². The van der Waals surface area contributed by atoms with Crippen LogP contribution in [0.4, 0.5) is 0 Å². The fourth-order valence-electron chi connectivity index (χ4n) is 3.52. The van der Waals surface area contributed by atoms with E-state index in [1.54, 1.807) is 0 Å². The van der Waals surface area contributed by atoms with Crippen molar-refractivity contribution in [2.45, 2.75) is 58.5 Å². The third-order valence-electron chi connectivity index (χ3n) is 4.53. The highest BCUT2D eigenvalue weighted by Crippen LogP contribution is 2.30. The van der Waals surface area contributed by atoms with Crippen molar-refractivity contribution in [2.75, 3.05) is 13.1 Å². The predicted octanol–water partition coefficient (Wildman–Crippen LogP) is 3.76. The van der Waals surface area contributed by atoms with Crippen LogP contribution in [-0.4, -0.2) is 24.0 Å². The molecule has 1 heterocycles. The first-order chi connectivity index (χ1) is 9.65. The van der Waals surface area contributed by atoms with E-state index in [0.29, 0.717) is 12.0 Å². The van der Waals surface area contributed by atoms with Crippen LogP contribution >= 0.6 is 0 Å². The maximum Gasteiger partial charge on any atom is 0.0473 e. The van der Waals surface area contributed by atoms with Crippen LogP contribution in [0.5, 0.6) is 0 Å². The standard InChI is InChI=1S/C18H30N2/c1-4-17-6-5-11-20(17)18(13-19)16-9-7-15(8-10-16)12-14(2)3/h7-10,14,17-18H,4-6,11-13,19H2,1-3H3. The summed E-state index contributed by atoms with van der Waals surface area (Å²) in [5, 5.41) is 0. The van der Waals surface area contributed by atoms with Gasteiger partial charge in [-0.1, -0.05) is 45.0 Å². The van der Waals surface area contributed by atoms with Crippen LogP contribution in [-0.2, 0) is 6.42 Å². The van der Waals surface area contributed by atoms with E-state index in [9.17, 15) is 0 Å². The fourth-order valence-corrected chi connectivity index (χ4v) is 3.52. The highest BCUT2D eigenvalue weighted by molar-refractivity contribution is 5.26. The maximum absolute atomic E-state index is 6.08. The second-order valence-electron chi connectivity index (χ2n) is 6.53. The van der Waals surface area contributed by atoms with Gasteiger partial charge in [0.2, 0.25) is 0 Å². The van der Waals surface area contributed by atoms with E-state index in [4.69, 9.17) is 5.73 Å². The summed E-state index contributed by atoms with van der Waals surface area (Å²) in [6, 6.07) is 10.3. The molecule has 0 aliphatic carbocycles. The molecule has 0 saturated carbocycles. The Balaban J connectivity index is 2.11. The molecular weight excluding hydrogens is 244 g/mol. The van der Waals surface area contributed by atoms with Gasteiger partial charge in [-0.25, -0.2) is 0 Å². The monoisotopic (exact) mass is 274 g/mol. The Labute approximate surface area is 124 Å². The van der Waals surface area contributed by atoms with Crippen molar-refractivity contribution in [1.82, 2.24) is 4.90 Å². The van der Waals surface area contributed by atoms with Crippen molar-refractivity contribution in [3.05, 3.63) is 35.4 Å². The van der Waals surface area contributed by atoms with Gasteiger partial charge in [0.1, 0.15) is 0 Å². The SMILES string of the molecule is CCC1CCCN1C(CN)c1ccc(CC(C)C)cc1. The summed E-state index contributed by atoms with van der Waals surface area (Å²) in [5.41, 5.74) is 8.91. The normalized spacial score (nSPS) is 21.6. The molecular formula is C18H30N2. The number of likely N-dealkylation sites (tertiary alicyclic amines) is 1. The number of nitrogens with zero attached hydrogens (tertiary/aromatic N) is 1. The first kappa shape index (κ1) is 15.5. The second kappa shape index (κ2) is 7.24. The number of hydrogen-bond donors (Lipinski definition) is 1. The number of hydrogen-bond acceptors (Lipinski definition) is 2. The van der Waals surface area contributed by atoms with Crippen molar-refractivity contribution < 1.29 is 0 Å². The first-order valence-corrected chi connectivity index (χ1v) is 8.20. The lowest BCUT2D eigenvalue weighted by molar-refractivity contribution is 0.180. The zero-order valence-electron chi connectivity index (χ0n) is 13.3. The van der Waals surface area contributed by atoms with Gasteiger partial charge in [0, 0.05) is 18.6 Å². The number of benzene rings is 1. The van der Waals surface area contributed by atoms with Crippen LogP contribution in [0.25, 0.3) is 0 Å². The first-order valence-electron chi connectivity index (χ1n) is 8.20. The average molecular weight is 274 g/mol. The quantitative estimate of drug-likeness (QED) is 0.856. The van der Waals surface area contributed by atoms with Gasteiger partial charge in [0.15, 0.2) is 0 Å². The molecule has 1 aromatic rings. The molecule has 1 aromatic carbocycles. The molecule has 1 aliphatic rings. The summed E-state index contributed by atoms with van der Waals surface area (Å²) in [6.07, 6.45) is 5.05. The fraction of sp³-hybridized carbons (Fsp3) is 0.667. The van der Waals surface area contributed by atoms with Crippen LogP contribution in [0.3, 0.4) is 0 Å². The van der Waals surface area contributed by atoms with E-state index in [1.807, 2.05) is 0 Å². The van der Waals surface area contributed by atoms with Crippen LogP contribution in [0.15, 0.2) is 24.3 Å². The summed E-state index contributed by atoms with van der Waals surface area (Å²) in [4.78, 5) is 2.62. The Bertz CT molecular complexity index is 396. The molecule has 0 amide bonds. The molecule has 2 nitrogen and oxygen atoms in total. The number of nitrogens with two attached hydrogens (primary N) is 1. The summed E-state index contributed by atoms with van der Waals surface area (Å²) in [5.74, 6) is 0.717. The molecule has 0 radical (unpaired) electrons. The Morgan fingerprint density at radius 2 is 1.95 bits per heavy atom. The molecule has 0 spiro atoms. The minimum absolute atomic E-state index is 0.399. The van der Waals surface area contributed by atoms with Crippen molar-refractivity contribution >= 4 is 0 Å². The molecule has 2 N–H and O–H groups in total. The minimum Gasteiger partial charge on any atom is -0.329 e. The van der Waals surface area contributed by atoms with Crippen molar-refractivity contribution in [2.24, 2.45) is 11.7 Å². The van der Waals surface area contributed by atoms with Gasteiger partial charge < -0.3 is 5.73 Å². The van der Waals surface area contributed by atoms with Crippen LogP contribution in [0.2, 0.25) is 0 Å². The van der Waals surface area contributed by atoms with E-state index >= 15 is 0 Å². The zero-order chi connectivity index (χ0) is 14.5. The second-order valence-corrected chi connectivity index (χ2v) is 6.53. The van der Waals surface area contributed by atoms with Gasteiger partial charge in [0.05, 0.1) is 0 Å². The molecule has 2 unspecified atom stereocenters. The molecule has 1 fully saturated rings. The van der Waals surface area contributed by atoms with Crippen molar-refractivity contribution in [3.8, 4) is 0 Å². The highest BCUT2D eigenvalue weighted by Gasteiger charge is 2.29. The Morgan fingerprint density at radius 1 is 1.25 bits per heavy atom.